The highest BCUT2D eigenvalue weighted by Gasteiger charge is 2.18. The lowest BCUT2D eigenvalue weighted by molar-refractivity contribution is -0.113. The Morgan fingerprint density at radius 1 is 1.23 bits per heavy atom. The lowest BCUT2D eigenvalue weighted by Gasteiger charge is -2.11. The summed E-state index contributed by atoms with van der Waals surface area (Å²) in [6, 6.07) is 12.3. The minimum atomic E-state index is -0.208. The molecule has 8 nitrogen and oxygen atoms in total. The molecule has 0 atom stereocenters. The number of aryl methyl sites for hydroxylation is 1. The summed E-state index contributed by atoms with van der Waals surface area (Å²) in [6.07, 6.45) is 0.762. The maximum Gasteiger partial charge on any atom is 0.262 e. The summed E-state index contributed by atoms with van der Waals surface area (Å²) in [5, 5.41) is 12.8. The first-order valence-corrected chi connectivity index (χ1v) is 11.0. The summed E-state index contributed by atoms with van der Waals surface area (Å²) in [5.74, 6) is 0.927. The zero-order valence-corrected chi connectivity index (χ0v) is 18.5. The number of anilines is 1. The Morgan fingerprint density at radius 2 is 2.03 bits per heavy atom. The largest absolute Gasteiger partial charge is 0.495 e. The Kier molecular flexibility index (Phi) is 6.15. The topological polar surface area (TPSA) is 90.5 Å². The van der Waals surface area contributed by atoms with Crippen molar-refractivity contribution < 1.29 is 9.53 Å². The minimum Gasteiger partial charge on any atom is -0.495 e. The quantitative estimate of drug-likeness (QED) is 0.424. The molecule has 2 aromatic heterocycles. The summed E-state index contributed by atoms with van der Waals surface area (Å²) in [4.78, 5) is 25.5. The monoisotopic (exact) mass is 457 g/mol. The van der Waals surface area contributed by atoms with Crippen molar-refractivity contribution in [2.45, 2.75) is 25.0 Å². The first-order valence-electron chi connectivity index (χ1n) is 9.66. The van der Waals surface area contributed by atoms with Gasteiger partial charge in [0, 0.05) is 11.6 Å². The van der Waals surface area contributed by atoms with Gasteiger partial charge in [0.1, 0.15) is 5.75 Å². The molecule has 0 unspecified atom stereocenters. The molecule has 2 heterocycles. The van der Waals surface area contributed by atoms with Crippen LogP contribution >= 0.6 is 23.4 Å². The van der Waals surface area contributed by atoms with Gasteiger partial charge in [0.05, 0.1) is 29.5 Å². The molecule has 2 aromatic carbocycles. The van der Waals surface area contributed by atoms with Gasteiger partial charge in [-0.05, 0) is 36.8 Å². The molecule has 4 rings (SSSR count). The minimum absolute atomic E-state index is 0.112. The van der Waals surface area contributed by atoms with E-state index in [1.165, 1.54) is 11.8 Å². The molecule has 0 aliphatic carbocycles. The van der Waals surface area contributed by atoms with E-state index in [4.69, 9.17) is 16.3 Å². The number of para-hydroxylation sites is 2. The van der Waals surface area contributed by atoms with Gasteiger partial charge in [0.15, 0.2) is 5.16 Å². The normalized spacial score (nSPS) is 11.2. The maximum atomic E-state index is 13.0. The van der Waals surface area contributed by atoms with E-state index in [1.54, 1.807) is 46.4 Å². The predicted octanol–water partition coefficient (Wildman–Crippen LogP) is 3.85. The molecular formula is C21H20ClN5O3S. The number of fused-ring (bicyclic) bond motifs is 3. The Hall–Kier alpha value is -3.04. The Labute approximate surface area is 187 Å². The molecule has 31 heavy (non-hydrogen) atoms. The zero-order valence-electron chi connectivity index (χ0n) is 17.0. The third-order valence-corrected chi connectivity index (χ3v) is 5.86. The van der Waals surface area contributed by atoms with E-state index in [9.17, 15) is 9.59 Å². The van der Waals surface area contributed by atoms with Crippen molar-refractivity contribution in [3.8, 4) is 5.75 Å². The predicted molar refractivity (Wildman–Crippen MR) is 122 cm³/mol. The van der Waals surface area contributed by atoms with Crippen LogP contribution in [0.25, 0.3) is 16.7 Å². The molecule has 0 radical (unpaired) electrons. The van der Waals surface area contributed by atoms with Crippen molar-refractivity contribution in [2.24, 2.45) is 0 Å². The summed E-state index contributed by atoms with van der Waals surface area (Å²) < 4.78 is 8.65. The lowest BCUT2D eigenvalue weighted by Crippen LogP contribution is -2.23. The standard InChI is InChI=1S/C21H20ClN5O3S/c1-3-10-26-19(29)14-11-13(22)8-9-16(14)27-20(26)24-25-21(27)31-12-18(28)23-15-6-4-5-7-17(15)30-2/h4-9,11H,3,10,12H2,1-2H3,(H,23,28). The van der Waals surface area contributed by atoms with Gasteiger partial charge in [-0.25, -0.2) is 0 Å². The Balaban J connectivity index is 1.68. The first-order chi connectivity index (χ1) is 15.0. The van der Waals surface area contributed by atoms with E-state index in [0.29, 0.717) is 44.8 Å². The number of hydrogen-bond acceptors (Lipinski definition) is 6. The van der Waals surface area contributed by atoms with Crippen LogP contribution in [0.1, 0.15) is 13.3 Å². The number of amides is 1. The third kappa shape index (κ3) is 4.11. The second-order valence-corrected chi connectivity index (χ2v) is 8.15. The molecule has 160 valence electrons. The number of ether oxygens (including phenoxy) is 1. The first kappa shape index (κ1) is 21.2. The SMILES string of the molecule is CCCn1c(=O)c2cc(Cl)ccc2n2c(SCC(=O)Nc3ccccc3OC)nnc12. The van der Waals surface area contributed by atoms with E-state index in [1.807, 2.05) is 19.1 Å². The van der Waals surface area contributed by atoms with E-state index in [2.05, 4.69) is 15.5 Å². The summed E-state index contributed by atoms with van der Waals surface area (Å²) in [5.41, 5.74) is 1.08. The second-order valence-electron chi connectivity index (χ2n) is 6.77. The fraction of sp³-hybridized carbons (Fsp3) is 0.238. The van der Waals surface area contributed by atoms with Crippen molar-refractivity contribution >= 4 is 51.6 Å². The van der Waals surface area contributed by atoms with Crippen LogP contribution in [0.15, 0.2) is 52.4 Å². The smallest absolute Gasteiger partial charge is 0.262 e. The Bertz CT molecular complexity index is 1330. The van der Waals surface area contributed by atoms with Gasteiger partial charge in [-0.15, -0.1) is 10.2 Å². The van der Waals surface area contributed by atoms with Crippen LogP contribution in [0.4, 0.5) is 5.69 Å². The van der Waals surface area contributed by atoms with Crippen molar-refractivity contribution in [3.05, 3.63) is 57.8 Å². The van der Waals surface area contributed by atoms with Crippen LogP contribution < -0.4 is 15.6 Å². The van der Waals surface area contributed by atoms with Crippen LogP contribution in [-0.4, -0.2) is 37.9 Å². The highest BCUT2D eigenvalue weighted by Crippen LogP contribution is 2.26. The van der Waals surface area contributed by atoms with E-state index in [-0.39, 0.29) is 17.2 Å². The van der Waals surface area contributed by atoms with Gasteiger partial charge < -0.3 is 10.1 Å². The van der Waals surface area contributed by atoms with Gasteiger partial charge in [0.2, 0.25) is 11.7 Å². The molecule has 0 aliphatic heterocycles. The molecule has 0 saturated carbocycles. The van der Waals surface area contributed by atoms with Gasteiger partial charge in [-0.2, -0.15) is 0 Å². The highest BCUT2D eigenvalue weighted by atomic mass is 35.5. The van der Waals surface area contributed by atoms with Crippen LogP contribution in [0, 0.1) is 0 Å². The van der Waals surface area contributed by atoms with Crippen molar-refractivity contribution in [3.63, 3.8) is 0 Å². The molecule has 0 aliphatic rings. The molecule has 0 saturated heterocycles. The van der Waals surface area contributed by atoms with E-state index in [0.717, 1.165) is 6.42 Å². The number of thioether (sulfide) groups is 1. The van der Waals surface area contributed by atoms with Crippen molar-refractivity contribution in [1.29, 1.82) is 0 Å². The second kappa shape index (κ2) is 8.99. The van der Waals surface area contributed by atoms with Crippen LogP contribution in [0.2, 0.25) is 5.02 Å². The molecule has 1 N–H and O–H groups in total. The van der Waals surface area contributed by atoms with Crippen LogP contribution in [0.3, 0.4) is 0 Å². The molecule has 0 fully saturated rings. The molecular weight excluding hydrogens is 438 g/mol. The van der Waals surface area contributed by atoms with Crippen LogP contribution in [-0.2, 0) is 11.3 Å². The average molecular weight is 458 g/mol. The number of rotatable bonds is 7. The lowest BCUT2D eigenvalue weighted by atomic mass is 10.2. The number of benzene rings is 2. The van der Waals surface area contributed by atoms with Gasteiger partial charge in [0.25, 0.3) is 5.56 Å². The maximum absolute atomic E-state index is 13.0. The highest BCUT2D eigenvalue weighted by molar-refractivity contribution is 7.99. The number of aromatic nitrogens is 4. The molecule has 1 amide bonds. The third-order valence-electron chi connectivity index (χ3n) is 4.69. The fourth-order valence-corrected chi connectivity index (χ4v) is 4.25. The van der Waals surface area contributed by atoms with Crippen molar-refractivity contribution in [2.75, 3.05) is 18.2 Å². The number of carbonyl (C=O) groups excluding carboxylic acids is 1. The molecule has 4 aromatic rings. The number of nitrogens with one attached hydrogen (secondary N) is 1. The van der Waals surface area contributed by atoms with Crippen LogP contribution in [0.5, 0.6) is 5.75 Å². The summed E-state index contributed by atoms with van der Waals surface area (Å²) in [6.45, 7) is 2.49. The zero-order chi connectivity index (χ0) is 22.0. The van der Waals surface area contributed by atoms with E-state index < -0.39 is 0 Å². The number of nitrogens with zero attached hydrogens (tertiary/aromatic N) is 4. The summed E-state index contributed by atoms with van der Waals surface area (Å²) >= 11 is 7.37. The molecule has 0 spiro atoms. The average Bonchev–Trinajstić information content (AvgIpc) is 3.19. The van der Waals surface area contributed by atoms with Gasteiger partial charge in [-0.1, -0.05) is 42.4 Å². The number of halogens is 1. The summed E-state index contributed by atoms with van der Waals surface area (Å²) in [7, 11) is 1.55. The van der Waals surface area contributed by atoms with Crippen molar-refractivity contribution in [1.82, 2.24) is 19.2 Å². The molecule has 0 bridgehead atoms. The van der Waals surface area contributed by atoms with Gasteiger partial charge >= 0.3 is 0 Å². The van der Waals surface area contributed by atoms with E-state index >= 15 is 0 Å². The number of methoxy groups -OCH3 is 1. The number of carbonyl (C=O) groups is 1. The van der Waals surface area contributed by atoms with Gasteiger partial charge in [-0.3, -0.25) is 18.6 Å². The molecule has 10 heteroatoms. The Morgan fingerprint density at radius 3 is 2.81 bits per heavy atom. The fourth-order valence-electron chi connectivity index (χ4n) is 3.34. The number of hydrogen-bond donors (Lipinski definition) is 1.